The number of hydrogen-bond donors (Lipinski definition) is 1. The Morgan fingerprint density at radius 2 is 2.20 bits per heavy atom. The number of allylic oxidation sites excluding steroid dienone is 3. The van der Waals surface area contributed by atoms with E-state index in [0.717, 1.165) is 5.57 Å². The van der Waals surface area contributed by atoms with E-state index in [1.54, 1.807) is 12.2 Å². The first-order chi connectivity index (χ1) is 7.19. The molecule has 4 heteroatoms. The molecule has 0 bridgehead atoms. The van der Waals surface area contributed by atoms with Crippen LogP contribution in [0, 0.1) is 0 Å². The number of nitrogens with two attached hydrogens (primary N) is 1. The van der Waals surface area contributed by atoms with E-state index in [-0.39, 0.29) is 5.69 Å². The molecule has 0 atom stereocenters. The van der Waals surface area contributed by atoms with Gasteiger partial charge in [0.25, 0.3) is 5.91 Å². The molecule has 80 valence electrons. The molecule has 4 nitrogen and oxygen atoms in total. The van der Waals surface area contributed by atoms with Crippen molar-refractivity contribution in [1.29, 1.82) is 0 Å². The predicted octanol–water partition coefficient (Wildman–Crippen LogP) is 2.16. The smallest absolute Gasteiger partial charge is 0.270 e. The summed E-state index contributed by atoms with van der Waals surface area (Å²) in [6, 6.07) is 1.49. The van der Waals surface area contributed by atoms with Crippen LogP contribution in [0.15, 0.2) is 42.5 Å². The van der Waals surface area contributed by atoms with Crippen molar-refractivity contribution < 1.29 is 9.32 Å². The molecule has 0 unspecified atom stereocenters. The summed E-state index contributed by atoms with van der Waals surface area (Å²) in [4.78, 5) is 10.7. The maximum atomic E-state index is 10.7. The zero-order chi connectivity index (χ0) is 11.8. The maximum absolute atomic E-state index is 10.7. The van der Waals surface area contributed by atoms with Crippen LogP contribution in [0.2, 0.25) is 0 Å². The Hall–Kier alpha value is -2.10. The van der Waals surface area contributed by atoms with Crippen molar-refractivity contribution >= 4 is 11.5 Å². The fraction of sp³-hybridized carbons (Fsp3) is 0.0909. The van der Waals surface area contributed by atoms with Gasteiger partial charge in [0, 0.05) is 11.6 Å². The lowest BCUT2D eigenvalue weighted by Gasteiger charge is -1.90. The van der Waals surface area contributed by atoms with Crippen molar-refractivity contribution in [3.63, 3.8) is 0 Å². The van der Waals surface area contributed by atoms with Crippen LogP contribution in [0.5, 0.6) is 0 Å². The van der Waals surface area contributed by atoms with Crippen LogP contribution >= 0.6 is 0 Å². The van der Waals surface area contributed by atoms with Gasteiger partial charge in [0.1, 0.15) is 0 Å². The lowest BCUT2D eigenvalue weighted by molar-refractivity contribution is 0.0991. The average molecular weight is 206 g/mol. The quantitative estimate of drug-likeness (QED) is 0.608. The molecule has 0 saturated carbocycles. The second-order valence-corrected chi connectivity index (χ2v) is 2.39. The molecule has 1 heterocycles. The lowest BCUT2D eigenvalue weighted by Crippen LogP contribution is -2.10. The SMILES string of the molecule is C=C.C=C/C(=C\C)c1cc(C(N)=O)no1. The molecule has 0 aromatic carbocycles. The number of nitrogens with zero attached hydrogens (tertiary/aromatic N) is 1. The highest BCUT2D eigenvalue weighted by atomic mass is 16.5. The molecule has 1 rings (SSSR count). The van der Waals surface area contributed by atoms with Crippen molar-refractivity contribution in [2.75, 3.05) is 0 Å². The summed E-state index contributed by atoms with van der Waals surface area (Å²) in [5, 5.41) is 3.49. The predicted molar refractivity (Wildman–Crippen MR) is 60.1 cm³/mol. The molecule has 1 aromatic heterocycles. The van der Waals surface area contributed by atoms with Crippen molar-refractivity contribution in [3.05, 3.63) is 49.4 Å². The molecule has 0 spiro atoms. The van der Waals surface area contributed by atoms with Gasteiger partial charge in [0.05, 0.1) is 0 Å². The monoisotopic (exact) mass is 206 g/mol. The Morgan fingerprint density at radius 3 is 2.53 bits per heavy atom. The molecular formula is C11H14N2O2. The molecule has 0 aliphatic heterocycles. The zero-order valence-electron chi connectivity index (χ0n) is 8.69. The average Bonchev–Trinajstić information content (AvgIpc) is 2.72. The maximum Gasteiger partial charge on any atom is 0.270 e. The second-order valence-electron chi connectivity index (χ2n) is 2.39. The van der Waals surface area contributed by atoms with Gasteiger partial charge in [-0.1, -0.05) is 23.9 Å². The molecular weight excluding hydrogens is 192 g/mol. The number of amides is 1. The molecule has 0 fully saturated rings. The first kappa shape index (κ1) is 12.9. The number of carbonyl (C=O) groups excluding carboxylic acids is 1. The molecule has 0 radical (unpaired) electrons. The van der Waals surface area contributed by atoms with E-state index in [9.17, 15) is 4.79 Å². The number of hydrogen-bond acceptors (Lipinski definition) is 3. The Bertz CT molecular complexity index is 378. The Morgan fingerprint density at radius 1 is 1.60 bits per heavy atom. The van der Waals surface area contributed by atoms with Crippen molar-refractivity contribution in [1.82, 2.24) is 5.16 Å². The summed E-state index contributed by atoms with van der Waals surface area (Å²) < 4.78 is 4.88. The van der Waals surface area contributed by atoms with E-state index in [1.807, 2.05) is 6.92 Å². The zero-order valence-corrected chi connectivity index (χ0v) is 8.69. The summed E-state index contributed by atoms with van der Waals surface area (Å²) in [6.07, 6.45) is 3.42. The number of rotatable bonds is 3. The number of carbonyl (C=O) groups is 1. The third kappa shape index (κ3) is 3.27. The van der Waals surface area contributed by atoms with Gasteiger partial charge in [-0.05, 0) is 6.92 Å². The van der Waals surface area contributed by atoms with Gasteiger partial charge < -0.3 is 10.3 Å². The van der Waals surface area contributed by atoms with Gasteiger partial charge >= 0.3 is 0 Å². The largest absolute Gasteiger partial charge is 0.364 e. The third-order valence-electron chi connectivity index (χ3n) is 1.58. The van der Waals surface area contributed by atoms with Gasteiger partial charge in [-0.3, -0.25) is 4.79 Å². The standard InChI is InChI=1S/C9H10N2O2.C2H4/c1-3-6(4-2)8-5-7(9(10)12)11-13-8;1-2/h3-5H,1H2,2H3,(H2,10,12);1-2H2/b6-4+;. The van der Waals surface area contributed by atoms with Gasteiger partial charge in [-0.15, -0.1) is 13.2 Å². The molecule has 2 N–H and O–H groups in total. The molecule has 1 aromatic rings. The highest BCUT2D eigenvalue weighted by molar-refractivity contribution is 5.91. The van der Waals surface area contributed by atoms with E-state index in [1.165, 1.54) is 6.07 Å². The van der Waals surface area contributed by atoms with Crippen LogP contribution < -0.4 is 5.73 Å². The van der Waals surface area contributed by atoms with Crippen LogP contribution in [-0.2, 0) is 0 Å². The summed E-state index contributed by atoms with van der Waals surface area (Å²) >= 11 is 0. The molecule has 15 heavy (non-hydrogen) atoms. The second kappa shape index (κ2) is 6.37. The summed E-state index contributed by atoms with van der Waals surface area (Å²) in [5.41, 5.74) is 5.90. The summed E-state index contributed by atoms with van der Waals surface area (Å²) in [6.45, 7) is 11.4. The first-order valence-electron chi connectivity index (χ1n) is 4.24. The summed E-state index contributed by atoms with van der Waals surface area (Å²) in [5.74, 6) is -0.110. The van der Waals surface area contributed by atoms with Gasteiger partial charge in [-0.2, -0.15) is 0 Å². The van der Waals surface area contributed by atoms with Crippen LogP contribution in [0.25, 0.3) is 5.57 Å². The summed E-state index contributed by atoms with van der Waals surface area (Å²) in [7, 11) is 0. The Balaban J connectivity index is 0.000000921. The van der Waals surface area contributed by atoms with Crippen LogP contribution in [0.3, 0.4) is 0 Å². The van der Waals surface area contributed by atoms with E-state index >= 15 is 0 Å². The van der Waals surface area contributed by atoms with Gasteiger partial charge in [0.2, 0.25) is 0 Å². The lowest BCUT2D eigenvalue weighted by atomic mass is 10.2. The minimum Gasteiger partial charge on any atom is -0.364 e. The van der Waals surface area contributed by atoms with E-state index < -0.39 is 5.91 Å². The van der Waals surface area contributed by atoms with Crippen molar-refractivity contribution in [3.8, 4) is 0 Å². The third-order valence-corrected chi connectivity index (χ3v) is 1.58. The normalized spacial score (nSPS) is 10.1. The number of primary amides is 1. The Kier molecular flexibility index (Phi) is 5.48. The van der Waals surface area contributed by atoms with Crippen LogP contribution in [-0.4, -0.2) is 11.1 Å². The highest BCUT2D eigenvalue weighted by Crippen LogP contribution is 2.15. The fourth-order valence-corrected chi connectivity index (χ4v) is 0.888. The fourth-order valence-electron chi connectivity index (χ4n) is 0.888. The Labute approximate surface area is 88.8 Å². The minimum absolute atomic E-state index is 0.121. The topological polar surface area (TPSA) is 69.1 Å². The first-order valence-corrected chi connectivity index (χ1v) is 4.24. The van der Waals surface area contributed by atoms with Gasteiger partial charge in [-0.25, -0.2) is 0 Å². The molecule has 0 saturated heterocycles. The van der Waals surface area contributed by atoms with Crippen LogP contribution in [0.4, 0.5) is 0 Å². The molecule has 0 aliphatic rings. The van der Waals surface area contributed by atoms with Crippen LogP contribution in [0.1, 0.15) is 23.2 Å². The van der Waals surface area contributed by atoms with Gasteiger partial charge in [0.15, 0.2) is 11.5 Å². The molecule has 0 aliphatic carbocycles. The van der Waals surface area contributed by atoms with E-state index in [0.29, 0.717) is 5.76 Å². The number of aromatic nitrogens is 1. The van der Waals surface area contributed by atoms with E-state index in [4.69, 9.17) is 10.3 Å². The minimum atomic E-state index is -0.602. The van der Waals surface area contributed by atoms with E-state index in [2.05, 4.69) is 24.9 Å². The van der Waals surface area contributed by atoms with Crippen molar-refractivity contribution in [2.24, 2.45) is 5.73 Å². The highest BCUT2D eigenvalue weighted by Gasteiger charge is 2.09. The van der Waals surface area contributed by atoms with Crippen molar-refractivity contribution in [2.45, 2.75) is 6.92 Å². The molecule has 1 amide bonds.